The number of amides is 1. The molecule has 1 aromatic carbocycles. The molecular weight excluding hydrogens is 313 g/mol. The zero-order valence-corrected chi connectivity index (χ0v) is 12.4. The maximum Gasteiger partial charge on any atom is 0.253 e. The first-order chi connectivity index (χ1) is 8.89. The Bertz CT molecular complexity index is 490. The summed E-state index contributed by atoms with van der Waals surface area (Å²) >= 11 is 3.07. The number of benzene rings is 1. The van der Waals surface area contributed by atoms with Crippen molar-refractivity contribution in [1.29, 1.82) is 0 Å². The van der Waals surface area contributed by atoms with Crippen LogP contribution in [0.4, 0.5) is 4.39 Å². The minimum absolute atomic E-state index is 0.177. The third kappa shape index (κ3) is 3.54. The average molecular weight is 330 g/mol. The average Bonchev–Trinajstić information content (AvgIpc) is 2.53. The maximum atomic E-state index is 13.5. The molecule has 1 fully saturated rings. The fraction of sp³-hybridized carbons (Fsp3) is 0.500. The van der Waals surface area contributed by atoms with Crippen LogP contribution in [0.3, 0.4) is 0 Å². The SMILES string of the molecule is CC1(O)CCCN(C(=O)c2ccc(Br)c(F)c2)CC1. The summed E-state index contributed by atoms with van der Waals surface area (Å²) in [6, 6.07) is 4.39. The van der Waals surface area contributed by atoms with Crippen LogP contribution in [0.15, 0.2) is 22.7 Å². The number of hydrogen-bond acceptors (Lipinski definition) is 2. The summed E-state index contributed by atoms with van der Waals surface area (Å²) < 4.78 is 13.8. The molecule has 1 amide bonds. The second-order valence-electron chi connectivity index (χ2n) is 5.27. The highest BCUT2D eigenvalue weighted by Crippen LogP contribution is 2.23. The molecule has 104 valence electrons. The fourth-order valence-corrected chi connectivity index (χ4v) is 2.52. The van der Waals surface area contributed by atoms with Gasteiger partial charge in [0.15, 0.2) is 0 Å². The van der Waals surface area contributed by atoms with Crippen molar-refractivity contribution in [2.75, 3.05) is 13.1 Å². The second kappa shape index (κ2) is 5.59. The van der Waals surface area contributed by atoms with E-state index in [2.05, 4.69) is 15.9 Å². The van der Waals surface area contributed by atoms with E-state index in [-0.39, 0.29) is 5.91 Å². The number of carbonyl (C=O) groups excluding carboxylic acids is 1. The van der Waals surface area contributed by atoms with Crippen molar-refractivity contribution in [3.8, 4) is 0 Å². The minimum Gasteiger partial charge on any atom is -0.390 e. The molecule has 3 nitrogen and oxygen atoms in total. The largest absolute Gasteiger partial charge is 0.390 e. The van der Waals surface area contributed by atoms with E-state index in [4.69, 9.17) is 0 Å². The van der Waals surface area contributed by atoms with Crippen LogP contribution in [0.2, 0.25) is 0 Å². The van der Waals surface area contributed by atoms with Gasteiger partial charge >= 0.3 is 0 Å². The van der Waals surface area contributed by atoms with Gasteiger partial charge in [-0.15, -0.1) is 0 Å². The highest BCUT2D eigenvalue weighted by Gasteiger charge is 2.27. The van der Waals surface area contributed by atoms with Gasteiger partial charge in [0.2, 0.25) is 0 Å². The molecule has 19 heavy (non-hydrogen) atoms. The number of hydrogen-bond donors (Lipinski definition) is 1. The lowest BCUT2D eigenvalue weighted by atomic mass is 9.98. The van der Waals surface area contributed by atoms with Crippen molar-refractivity contribution in [3.05, 3.63) is 34.1 Å². The van der Waals surface area contributed by atoms with Crippen molar-refractivity contribution >= 4 is 21.8 Å². The molecule has 1 aromatic rings. The van der Waals surface area contributed by atoms with Gasteiger partial charge in [0.05, 0.1) is 10.1 Å². The first-order valence-electron chi connectivity index (χ1n) is 6.36. The molecule has 1 saturated heterocycles. The van der Waals surface area contributed by atoms with E-state index in [0.29, 0.717) is 36.0 Å². The van der Waals surface area contributed by atoms with Crippen molar-refractivity contribution in [3.63, 3.8) is 0 Å². The Kier molecular flexibility index (Phi) is 4.26. The summed E-state index contributed by atoms with van der Waals surface area (Å²) in [5, 5.41) is 10.0. The lowest BCUT2D eigenvalue weighted by molar-refractivity contribution is 0.0438. The van der Waals surface area contributed by atoms with E-state index in [0.717, 1.165) is 6.42 Å². The molecule has 1 N–H and O–H groups in total. The van der Waals surface area contributed by atoms with E-state index in [1.165, 1.54) is 12.1 Å². The van der Waals surface area contributed by atoms with Crippen molar-refractivity contribution < 1.29 is 14.3 Å². The summed E-state index contributed by atoms with van der Waals surface area (Å²) in [6.07, 6.45) is 2.00. The predicted octanol–water partition coefficient (Wildman–Crippen LogP) is 2.97. The molecule has 0 radical (unpaired) electrons. The van der Waals surface area contributed by atoms with Gasteiger partial charge in [-0.2, -0.15) is 0 Å². The summed E-state index contributed by atoms with van der Waals surface area (Å²) in [4.78, 5) is 14.0. The van der Waals surface area contributed by atoms with E-state index in [1.807, 2.05) is 0 Å². The van der Waals surface area contributed by atoms with Gasteiger partial charge < -0.3 is 10.0 Å². The molecule has 0 aromatic heterocycles. The fourth-order valence-electron chi connectivity index (χ4n) is 2.28. The van der Waals surface area contributed by atoms with E-state index in [9.17, 15) is 14.3 Å². The molecule has 2 rings (SSSR count). The summed E-state index contributed by atoms with van der Waals surface area (Å²) in [7, 11) is 0. The van der Waals surface area contributed by atoms with Gasteiger partial charge in [-0.05, 0) is 60.3 Å². The Labute approximate surface area is 120 Å². The number of rotatable bonds is 1. The topological polar surface area (TPSA) is 40.5 Å². The lowest BCUT2D eigenvalue weighted by Crippen LogP contribution is -2.33. The van der Waals surface area contributed by atoms with Crippen molar-refractivity contribution in [2.45, 2.75) is 31.8 Å². The number of nitrogens with zero attached hydrogens (tertiary/aromatic N) is 1. The normalized spacial score (nSPS) is 24.1. The van der Waals surface area contributed by atoms with Gasteiger partial charge in [0.1, 0.15) is 5.82 Å². The number of carbonyl (C=O) groups is 1. The van der Waals surface area contributed by atoms with Crippen molar-refractivity contribution in [2.24, 2.45) is 0 Å². The monoisotopic (exact) mass is 329 g/mol. The maximum absolute atomic E-state index is 13.5. The molecule has 1 atom stereocenters. The van der Waals surface area contributed by atoms with Crippen LogP contribution in [-0.2, 0) is 0 Å². The highest BCUT2D eigenvalue weighted by molar-refractivity contribution is 9.10. The Hall–Kier alpha value is -0.940. The van der Waals surface area contributed by atoms with E-state index < -0.39 is 11.4 Å². The van der Waals surface area contributed by atoms with Crippen LogP contribution in [0.5, 0.6) is 0 Å². The van der Waals surface area contributed by atoms with Crippen LogP contribution < -0.4 is 0 Å². The first-order valence-corrected chi connectivity index (χ1v) is 7.15. The van der Waals surface area contributed by atoms with Crippen LogP contribution in [0, 0.1) is 5.82 Å². The molecular formula is C14H17BrFNO2. The van der Waals surface area contributed by atoms with Crippen LogP contribution in [-0.4, -0.2) is 34.6 Å². The van der Waals surface area contributed by atoms with E-state index >= 15 is 0 Å². The molecule has 0 aliphatic carbocycles. The van der Waals surface area contributed by atoms with Gasteiger partial charge in [-0.25, -0.2) is 4.39 Å². The molecule has 1 aliphatic heterocycles. The Balaban J connectivity index is 2.13. The second-order valence-corrected chi connectivity index (χ2v) is 6.13. The first kappa shape index (κ1) is 14.5. The Morgan fingerprint density at radius 1 is 1.42 bits per heavy atom. The molecule has 1 unspecified atom stereocenters. The van der Waals surface area contributed by atoms with Gasteiger partial charge in [-0.3, -0.25) is 4.79 Å². The van der Waals surface area contributed by atoms with Crippen LogP contribution in [0.1, 0.15) is 36.5 Å². The van der Waals surface area contributed by atoms with Gasteiger partial charge in [-0.1, -0.05) is 0 Å². The molecule has 5 heteroatoms. The van der Waals surface area contributed by atoms with E-state index in [1.54, 1.807) is 17.9 Å². The standard InChI is InChI=1S/C14H17BrFNO2/c1-14(19)5-2-7-17(8-6-14)13(18)10-3-4-11(15)12(16)9-10/h3-4,9,19H,2,5-8H2,1H3. The molecule has 1 aliphatic rings. The summed E-state index contributed by atoms with van der Waals surface area (Å²) in [5.41, 5.74) is -0.359. The third-order valence-electron chi connectivity index (χ3n) is 3.52. The summed E-state index contributed by atoms with van der Waals surface area (Å²) in [6.45, 7) is 2.90. The van der Waals surface area contributed by atoms with Gasteiger partial charge in [0, 0.05) is 18.7 Å². The molecule has 1 heterocycles. The smallest absolute Gasteiger partial charge is 0.253 e. The number of halogens is 2. The zero-order valence-electron chi connectivity index (χ0n) is 10.8. The number of likely N-dealkylation sites (tertiary alicyclic amines) is 1. The van der Waals surface area contributed by atoms with Gasteiger partial charge in [0.25, 0.3) is 5.91 Å². The molecule has 0 bridgehead atoms. The predicted molar refractivity (Wildman–Crippen MR) is 74.5 cm³/mol. The van der Waals surface area contributed by atoms with Crippen LogP contribution in [0.25, 0.3) is 0 Å². The molecule has 0 saturated carbocycles. The Morgan fingerprint density at radius 2 is 2.16 bits per heavy atom. The quantitative estimate of drug-likeness (QED) is 0.860. The summed E-state index contributed by atoms with van der Waals surface area (Å²) in [5.74, 6) is -0.614. The highest BCUT2D eigenvalue weighted by atomic mass is 79.9. The zero-order chi connectivity index (χ0) is 14.0. The minimum atomic E-state index is -0.708. The molecule has 0 spiro atoms. The van der Waals surface area contributed by atoms with Crippen molar-refractivity contribution in [1.82, 2.24) is 4.90 Å². The Morgan fingerprint density at radius 3 is 2.84 bits per heavy atom. The third-order valence-corrected chi connectivity index (χ3v) is 4.16. The lowest BCUT2D eigenvalue weighted by Gasteiger charge is -2.22. The van der Waals surface area contributed by atoms with Crippen LogP contribution >= 0.6 is 15.9 Å². The number of aliphatic hydroxyl groups is 1.